The Hall–Kier alpha value is -2.15. The highest BCUT2D eigenvalue weighted by molar-refractivity contribution is 7.98. The maximum Gasteiger partial charge on any atom is 0.226 e. The maximum atomic E-state index is 13.0. The molecule has 7 heteroatoms. The molecule has 26 heavy (non-hydrogen) atoms. The van der Waals surface area contributed by atoms with Crippen molar-refractivity contribution in [2.45, 2.75) is 49.4 Å². The summed E-state index contributed by atoms with van der Waals surface area (Å²) in [5.74, 6) is 2.67. The van der Waals surface area contributed by atoms with Gasteiger partial charge in [-0.25, -0.2) is 14.4 Å². The third-order valence-electron chi connectivity index (χ3n) is 4.77. The van der Waals surface area contributed by atoms with E-state index in [1.807, 2.05) is 0 Å². The summed E-state index contributed by atoms with van der Waals surface area (Å²) < 4.78 is 18.5. The molecule has 0 spiro atoms. The van der Waals surface area contributed by atoms with Gasteiger partial charge in [0.05, 0.1) is 5.69 Å². The second-order valence-electron chi connectivity index (χ2n) is 6.69. The molecule has 0 bridgehead atoms. The molecule has 1 N–H and O–H groups in total. The molecular weight excluding hydrogens is 351 g/mol. The molecule has 0 radical (unpaired) electrons. The molecule has 0 unspecified atom stereocenters. The lowest BCUT2D eigenvalue weighted by Crippen LogP contribution is -1.97. The lowest BCUT2D eigenvalue weighted by Gasteiger charge is -2.05. The van der Waals surface area contributed by atoms with Crippen molar-refractivity contribution < 1.29 is 8.81 Å². The van der Waals surface area contributed by atoms with Crippen molar-refractivity contribution in [2.75, 3.05) is 0 Å². The van der Waals surface area contributed by atoms with Crippen LogP contribution in [0.4, 0.5) is 4.39 Å². The van der Waals surface area contributed by atoms with E-state index >= 15 is 0 Å². The molecule has 0 aliphatic heterocycles. The predicted octanol–water partition coefficient (Wildman–Crippen LogP) is 5.01. The molecule has 136 valence electrons. The van der Waals surface area contributed by atoms with Crippen molar-refractivity contribution in [1.82, 2.24) is 20.2 Å². The second-order valence-corrected chi connectivity index (χ2v) is 7.64. The lowest BCUT2D eigenvalue weighted by molar-refractivity contribution is 0.497. The van der Waals surface area contributed by atoms with Crippen LogP contribution < -0.4 is 0 Å². The van der Waals surface area contributed by atoms with Crippen molar-refractivity contribution in [3.05, 3.63) is 47.9 Å². The third kappa shape index (κ3) is 4.33. The van der Waals surface area contributed by atoms with Crippen LogP contribution in [0.3, 0.4) is 0 Å². The molecule has 0 saturated heterocycles. The normalized spacial score (nSPS) is 15.0. The Morgan fingerprint density at radius 1 is 1.15 bits per heavy atom. The molecule has 0 atom stereocenters. The van der Waals surface area contributed by atoms with Crippen LogP contribution in [0.5, 0.6) is 0 Å². The minimum absolute atomic E-state index is 0.274. The number of hydrogen-bond donors (Lipinski definition) is 1. The number of nitrogens with zero attached hydrogens (tertiary/aromatic N) is 3. The van der Waals surface area contributed by atoms with Gasteiger partial charge >= 0.3 is 0 Å². The Balaban J connectivity index is 1.29. The van der Waals surface area contributed by atoms with E-state index in [0.717, 1.165) is 34.6 Å². The Morgan fingerprint density at radius 2 is 1.96 bits per heavy atom. The summed E-state index contributed by atoms with van der Waals surface area (Å²) in [6.45, 7) is 0. The minimum atomic E-state index is -0.274. The number of oxazole rings is 1. The van der Waals surface area contributed by atoms with Gasteiger partial charge in [-0.05, 0) is 36.6 Å². The van der Waals surface area contributed by atoms with E-state index in [-0.39, 0.29) is 5.82 Å². The largest absolute Gasteiger partial charge is 0.444 e. The van der Waals surface area contributed by atoms with Gasteiger partial charge in [-0.2, -0.15) is 0 Å². The zero-order valence-corrected chi connectivity index (χ0v) is 15.3. The van der Waals surface area contributed by atoms with Gasteiger partial charge in [-0.1, -0.05) is 37.4 Å². The topological polar surface area (TPSA) is 67.6 Å². The fourth-order valence-corrected chi connectivity index (χ4v) is 4.03. The Labute approximate surface area is 155 Å². The third-order valence-corrected chi connectivity index (χ3v) is 5.65. The SMILES string of the molecule is Fc1ccc(-c2nc(CSc3n[nH]c(CCC4CCCC4)n3)co2)cc1. The molecule has 1 saturated carbocycles. The molecule has 2 heterocycles. The van der Waals surface area contributed by atoms with Gasteiger partial charge in [0.1, 0.15) is 17.9 Å². The summed E-state index contributed by atoms with van der Waals surface area (Å²) in [6, 6.07) is 6.11. The van der Waals surface area contributed by atoms with Gasteiger partial charge in [0.15, 0.2) is 0 Å². The summed E-state index contributed by atoms with van der Waals surface area (Å²) >= 11 is 1.53. The van der Waals surface area contributed by atoms with Crippen molar-refractivity contribution in [2.24, 2.45) is 5.92 Å². The van der Waals surface area contributed by atoms with Gasteiger partial charge in [0.2, 0.25) is 11.0 Å². The smallest absolute Gasteiger partial charge is 0.226 e. The quantitative estimate of drug-likeness (QED) is 0.590. The number of hydrogen-bond acceptors (Lipinski definition) is 5. The van der Waals surface area contributed by atoms with Crippen molar-refractivity contribution in [3.8, 4) is 11.5 Å². The first-order chi connectivity index (χ1) is 12.8. The number of aromatic nitrogens is 4. The molecule has 1 aliphatic carbocycles. The number of nitrogens with one attached hydrogen (secondary N) is 1. The number of halogens is 1. The number of rotatable bonds is 7. The Kier molecular flexibility index (Phi) is 5.34. The van der Waals surface area contributed by atoms with Crippen LogP contribution in [0.1, 0.15) is 43.6 Å². The Bertz CT molecular complexity index is 839. The monoisotopic (exact) mass is 372 g/mol. The highest BCUT2D eigenvalue weighted by Gasteiger charge is 2.16. The van der Waals surface area contributed by atoms with Crippen LogP contribution in [-0.4, -0.2) is 20.2 Å². The first kappa shape index (κ1) is 17.3. The van der Waals surface area contributed by atoms with Gasteiger partial charge < -0.3 is 4.42 Å². The number of aromatic amines is 1. The average Bonchev–Trinajstić information content (AvgIpc) is 3.40. The van der Waals surface area contributed by atoms with E-state index in [4.69, 9.17) is 4.42 Å². The molecule has 3 aromatic rings. The lowest BCUT2D eigenvalue weighted by atomic mass is 10.0. The van der Waals surface area contributed by atoms with Crippen molar-refractivity contribution in [1.29, 1.82) is 0 Å². The standard InChI is InChI=1S/C19H21FN4OS/c20-15-8-6-14(7-9-15)18-21-16(11-25-18)12-26-19-22-17(23-24-19)10-5-13-3-1-2-4-13/h6-9,11,13H,1-5,10,12H2,(H,22,23,24). The summed E-state index contributed by atoms with van der Waals surface area (Å²) in [6.07, 6.45) is 9.26. The number of benzene rings is 1. The van der Waals surface area contributed by atoms with Crippen molar-refractivity contribution >= 4 is 11.8 Å². The molecule has 2 aromatic heterocycles. The molecule has 0 amide bonds. The molecule has 1 aliphatic rings. The van der Waals surface area contributed by atoms with Gasteiger partial charge in [0.25, 0.3) is 0 Å². The minimum Gasteiger partial charge on any atom is -0.444 e. The van der Waals surface area contributed by atoms with Gasteiger partial charge in [-0.15, -0.1) is 5.10 Å². The van der Waals surface area contributed by atoms with Crippen LogP contribution in [-0.2, 0) is 12.2 Å². The van der Waals surface area contributed by atoms with Gasteiger partial charge in [-0.3, -0.25) is 5.10 Å². The van der Waals surface area contributed by atoms with E-state index in [1.165, 1.54) is 56.0 Å². The molecule has 5 nitrogen and oxygen atoms in total. The zero-order chi connectivity index (χ0) is 17.8. The van der Waals surface area contributed by atoms with E-state index in [0.29, 0.717) is 11.6 Å². The molecule has 4 rings (SSSR count). The van der Waals surface area contributed by atoms with Crippen LogP contribution >= 0.6 is 11.8 Å². The fourth-order valence-electron chi connectivity index (χ4n) is 3.33. The number of H-pyrrole nitrogens is 1. The predicted molar refractivity (Wildman–Crippen MR) is 98.1 cm³/mol. The van der Waals surface area contributed by atoms with Crippen LogP contribution in [0.15, 0.2) is 40.1 Å². The zero-order valence-electron chi connectivity index (χ0n) is 14.4. The van der Waals surface area contributed by atoms with E-state index < -0.39 is 0 Å². The highest BCUT2D eigenvalue weighted by Crippen LogP contribution is 2.28. The maximum absolute atomic E-state index is 13.0. The van der Waals surface area contributed by atoms with E-state index in [9.17, 15) is 4.39 Å². The van der Waals surface area contributed by atoms with E-state index in [2.05, 4.69) is 20.2 Å². The Morgan fingerprint density at radius 3 is 2.77 bits per heavy atom. The summed E-state index contributed by atoms with van der Waals surface area (Å²) in [5.41, 5.74) is 1.57. The second kappa shape index (κ2) is 8.03. The molecular formula is C19H21FN4OS. The van der Waals surface area contributed by atoms with Crippen LogP contribution in [0.25, 0.3) is 11.5 Å². The van der Waals surface area contributed by atoms with Crippen LogP contribution in [0, 0.1) is 11.7 Å². The number of thioether (sulfide) groups is 1. The first-order valence-corrected chi connectivity index (χ1v) is 9.99. The molecule has 1 aromatic carbocycles. The summed E-state index contributed by atoms with van der Waals surface area (Å²) in [4.78, 5) is 9.00. The highest BCUT2D eigenvalue weighted by atomic mass is 32.2. The average molecular weight is 372 g/mol. The summed E-state index contributed by atoms with van der Waals surface area (Å²) in [7, 11) is 0. The van der Waals surface area contributed by atoms with E-state index in [1.54, 1.807) is 18.4 Å². The van der Waals surface area contributed by atoms with Crippen molar-refractivity contribution in [3.63, 3.8) is 0 Å². The summed E-state index contributed by atoms with van der Waals surface area (Å²) in [5, 5.41) is 8.05. The first-order valence-electron chi connectivity index (χ1n) is 9.01. The van der Waals surface area contributed by atoms with Crippen LogP contribution in [0.2, 0.25) is 0 Å². The molecule has 1 fully saturated rings. The van der Waals surface area contributed by atoms with Gasteiger partial charge in [0, 0.05) is 17.7 Å². The fraction of sp³-hybridized carbons (Fsp3) is 0.421. The number of aryl methyl sites for hydroxylation is 1.